The first kappa shape index (κ1) is 12.5. The van der Waals surface area contributed by atoms with Crippen molar-refractivity contribution in [1.82, 2.24) is 9.97 Å². The normalized spacial score (nSPS) is 11.2. The van der Waals surface area contributed by atoms with E-state index in [0.29, 0.717) is 0 Å². The van der Waals surface area contributed by atoms with Gasteiger partial charge in [-0.2, -0.15) is 5.26 Å². The lowest BCUT2D eigenvalue weighted by atomic mass is 10.2. The summed E-state index contributed by atoms with van der Waals surface area (Å²) in [6, 6.07) is 18.3. The van der Waals surface area contributed by atoms with Gasteiger partial charge in [-0.3, -0.25) is 0 Å². The Morgan fingerprint density at radius 1 is 0.810 bits per heavy atom. The molecule has 0 radical (unpaired) electrons. The Morgan fingerprint density at radius 3 is 1.71 bits per heavy atom. The van der Waals surface area contributed by atoms with E-state index < -0.39 is 0 Å². The minimum Gasteiger partial charge on any atom is -0.239 e. The van der Waals surface area contributed by atoms with Crippen molar-refractivity contribution >= 4 is 43.1 Å². The Kier molecular flexibility index (Phi) is 2.92. The summed E-state index contributed by atoms with van der Waals surface area (Å²) in [6.07, 6.45) is 0. The van der Waals surface area contributed by atoms with E-state index in [1.165, 1.54) is 0 Å². The quantitative estimate of drug-likeness (QED) is 0.545. The second-order valence-electron chi connectivity index (χ2n) is 4.60. The van der Waals surface area contributed by atoms with Gasteiger partial charge in [-0.05, 0) is 24.3 Å². The molecular weight excluding hydrogens is 298 g/mol. The van der Waals surface area contributed by atoms with Crippen LogP contribution in [0.2, 0.25) is 0 Å². The molecule has 0 saturated carbocycles. The van der Waals surface area contributed by atoms with Gasteiger partial charge in [0.05, 0.1) is 26.5 Å². The van der Waals surface area contributed by atoms with Crippen molar-refractivity contribution in [1.29, 1.82) is 5.26 Å². The average Bonchev–Trinajstić information content (AvgIpc) is 3.11. The molecule has 0 unspecified atom stereocenters. The van der Waals surface area contributed by atoms with Gasteiger partial charge in [0.2, 0.25) is 0 Å². The molecule has 0 bridgehead atoms. The van der Waals surface area contributed by atoms with Crippen LogP contribution in [0.1, 0.15) is 15.9 Å². The zero-order valence-corrected chi connectivity index (χ0v) is 12.5. The molecule has 3 nitrogen and oxygen atoms in total. The van der Waals surface area contributed by atoms with Crippen LogP contribution in [-0.2, 0) is 0 Å². The first-order valence-electron chi connectivity index (χ1n) is 6.46. The van der Waals surface area contributed by atoms with Gasteiger partial charge in [0, 0.05) is 0 Å². The number of fused-ring (bicyclic) bond motifs is 2. The van der Waals surface area contributed by atoms with E-state index in [1.54, 1.807) is 22.7 Å². The molecule has 0 spiro atoms. The van der Waals surface area contributed by atoms with Crippen molar-refractivity contribution in [2.45, 2.75) is 5.92 Å². The molecule has 2 aromatic carbocycles. The number of aromatic nitrogens is 2. The van der Waals surface area contributed by atoms with E-state index in [1.807, 2.05) is 48.5 Å². The second kappa shape index (κ2) is 4.92. The van der Waals surface area contributed by atoms with Gasteiger partial charge < -0.3 is 0 Å². The Labute approximate surface area is 129 Å². The fraction of sp³-hybridized carbons (Fsp3) is 0.0625. The number of para-hydroxylation sites is 2. The minimum atomic E-state index is -0.389. The number of thiazole rings is 2. The van der Waals surface area contributed by atoms with Crippen LogP contribution in [0.15, 0.2) is 48.5 Å². The van der Waals surface area contributed by atoms with Gasteiger partial charge in [0.15, 0.2) is 0 Å². The molecule has 0 aliphatic rings. The van der Waals surface area contributed by atoms with Crippen LogP contribution in [0.5, 0.6) is 0 Å². The van der Waals surface area contributed by atoms with Gasteiger partial charge in [-0.1, -0.05) is 24.3 Å². The molecule has 0 aliphatic heterocycles. The lowest BCUT2D eigenvalue weighted by Gasteiger charge is -1.99. The first-order valence-corrected chi connectivity index (χ1v) is 8.09. The molecule has 2 aromatic heterocycles. The third-order valence-corrected chi connectivity index (χ3v) is 5.45. The van der Waals surface area contributed by atoms with Crippen molar-refractivity contribution in [2.75, 3.05) is 0 Å². The van der Waals surface area contributed by atoms with Crippen LogP contribution < -0.4 is 0 Å². The van der Waals surface area contributed by atoms with Gasteiger partial charge in [0.25, 0.3) is 0 Å². The Hall–Kier alpha value is -2.29. The summed E-state index contributed by atoms with van der Waals surface area (Å²) >= 11 is 3.14. The number of nitriles is 1. The smallest absolute Gasteiger partial charge is 0.149 e. The fourth-order valence-corrected chi connectivity index (χ4v) is 4.35. The van der Waals surface area contributed by atoms with E-state index in [0.717, 1.165) is 30.4 Å². The zero-order chi connectivity index (χ0) is 14.2. The monoisotopic (exact) mass is 307 g/mol. The summed E-state index contributed by atoms with van der Waals surface area (Å²) < 4.78 is 2.21. The number of hydrogen-bond donors (Lipinski definition) is 0. The van der Waals surface area contributed by atoms with Crippen LogP contribution in [0, 0.1) is 11.3 Å². The van der Waals surface area contributed by atoms with Crippen LogP contribution in [-0.4, -0.2) is 9.97 Å². The Bertz CT molecular complexity index is 838. The van der Waals surface area contributed by atoms with Gasteiger partial charge in [0.1, 0.15) is 15.9 Å². The molecule has 0 saturated heterocycles. The lowest BCUT2D eigenvalue weighted by Crippen LogP contribution is -1.96. The SMILES string of the molecule is N#CC(c1nc2ccccc2s1)c1nc2ccccc2s1. The Balaban J connectivity index is 1.85. The molecule has 0 atom stereocenters. The zero-order valence-electron chi connectivity index (χ0n) is 10.9. The number of nitrogens with zero attached hydrogens (tertiary/aromatic N) is 3. The highest BCUT2D eigenvalue weighted by Gasteiger charge is 2.21. The summed E-state index contributed by atoms with van der Waals surface area (Å²) in [4.78, 5) is 9.19. The van der Waals surface area contributed by atoms with Crippen molar-refractivity contribution in [3.8, 4) is 6.07 Å². The van der Waals surface area contributed by atoms with Gasteiger partial charge in [-0.25, -0.2) is 9.97 Å². The van der Waals surface area contributed by atoms with Crippen LogP contribution >= 0.6 is 22.7 Å². The summed E-state index contributed by atoms with van der Waals surface area (Å²) in [5.41, 5.74) is 1.89. The summed E-state index contributed by atoms with van der Waals surface area (Å²) in [6.45, 7) is 0. The standard InChI is InChI=1S/C16H9N3S2/c17-9-10(15-18-11-5-1-3-7-13(11)20-15)16-19-12-6-2-4-8-14(12)21-16/h1-8,10H. The highest BCUT2D eigenvalue weighted by atomic mass is 32.1. The molecule has 5 heteroatoms. The Morgan fingerprint density at radius 2 is 1.29 bits per heavy atom. The molecule has 4 aromatic rings. The molecule has 4 rings (SSSR count). The number of hydrogen-bond acceptors (Lipinski definition) is 5. The van der Waals surface area contributed by atoms with E-state index in [9.17, 15) is 5.26 Å². The average molecular weight is 307 g/mol. The predicted octanol–water partition coefficient (Wildman–Crippen LogP) is 4.56. The first-order chi connectivity index (χ1) is 10.3. The summed E-state index contributed by atoms with van der Waals surface area (Å²) in [5, 5.41) is 11.2. The van der Waals surface area contributed by atoms with E-state index >= 15 is 0 Å². The van der Waals surface area contributed by atoms with E-state index in [4.69, 9.17) is 0 Å². The van der Waals surface area contributed by atoms with Crippen LogP contribution in [0.3, 0.4) is 0 Å². The summed E-state index contributed by atoms with van der Waals surface area (Å²) in [5.74, 6) is -0.389. The topological polar surface area (TPSA) is 49.6 Å². The van der Waals surface area contributed by atoms with Gasteiger partial charge >= 0.3 is 0 Å². The van der Waals surface area contributed by atoms with Crippen LogP contribution in [0.25, 0.3) is 20.4 Å². The van der Waals surface area contributed by atoms with Crippen molar-refractivity contribution in [2.24, 2.45) is 0 Å². The highest BCUT2D eigenvalue weighted by Crippen LogP contribution is 2.35. The van der Waals surface area contributed by atoms with E-state index in [-0.39, 0.29) is 5.92 Å². The van der Waals surface area contributed by atoms with Crippen molar-refractivity contribution in [3.63, 3.8) is 0 Å². The molecule has 21 heavy (non-hydrogen) atoms. The maximum atomic E-state index is 9.57. The summed E-state index contributed by atoms with van der Waals surface area (Å²) in [7, 11) is 0. The predicted molar refractivity (Wildman–Crippen MR) is 86.7 cm³/mol. The molecule has 0 amide bonds. The maximum absolute atomic E-state index is 9.57. The van der Waals surface area contributed by atoms with E-state index in [2.05, 4.69) is 16.0 Å². The lowest BCUT2D eigenvalue weighted by molar-refractivity contribution is 1.00. The fourth-order valence-electron chi connectivity index (χ4n) is 2.24. The largest absolute Gasteiger partial charge is 0.239 e. The molecule has 0 N–H and O–H groups in total. The minimum absolute atomic E-state index is 0.389. The molecule has 0 aliphatic carbocycles. The van der Waals surface area contributed by atoms with Crippen molar-refractivity contribution in [3.05, 3.63) is 58.5 Å². The molecule has 2 heterocycles. The molecular formula is C16H9N3S2. The third kappa shape index (κ3) is 2.09. The third-order valence-electron chi connectivity index (χ3n) is 3.24. The molecule has 0 fully saturated rings. The highest BCUT2D eigenvalue weighted by molar-refractivity contribution is 7.20. The van der Waals surface area contributed by atoms with Gasteiger partial charge in [-0.15, -0.1) is 22.7 Å². The molecule has 100 valence electrons. The maximum Gasteiger partial charge on any atom is 0.149 e. The van der Waals surface area contributed by atoms with Crippen LogP contribution in [0.4, 0.5) is 0 Å². The number of rotatable bonds is 2. The van der Waals surface area contributed by atoms with Crippen molar-refractivity contribution < 1.29 is 0 Å². The second-order valence-corrected chi connectivity index (χ2v) is 6.73. The number of benzene rings is 2.